The maximum Gasteiger partial charge on any atom is 0.416 e. The second kappa shape index (κ2) is 10.6. The van der Waals surface area contributed by atoms with Crippen LogP contribution < -0.4 is 5.32 Å². The molecule has 0 bridgehead atoms. The highest BCUT2D eigenvalue weighted by molar-refractivity contribution is 5.89. The monoisotopic (exact) mass is 439 g/mol. The summed E-state index contributed by atoms with van der Waals surface area (Å²) in [5, 5.41) is 2.55. The number of amides is 2. The molecule has 1 heterocycles. The van der Waals surface area contributed by atoms with E-state index in [4.69, 9.17) is 4.74 Å². The molecule has 1 fully saturated rings. The molecule has 0 aliphatic carbocycles. The Labute approximate surface area is 178 Å². The van der Waals surface area contributed by atoms with Crippen LogP contribution in [0.25, 0.3) is 0 Å². The van der Waals surface area contributed by atoms with E-state index in [0.29, 0.717) is 26.2 Å². The fraction of sp³-hybridized carbons (Fsp3) is 0.409. The third-order valence-electron chi connectivity index (χ3n) is 5.02. The van der Waals surface area contributed by atoms with Crippen molar-refractivity contribution in [3.05, 3.63) is 65.5 Å². The minimum Gasteiger partial charge on any atom is -0.379 e. The third-order valence-corrected chi connectivity index (χ3v) is 5.02. The summed E-state index contributed by atoms with van der Waals surface area (Å²) in [4.78, 5) is 16.6. The number of anilines is 1. The number of carbonyl (C=O) groups is 1. The quantitative estimate of drug-likeness (QED) is 0.642. The fourth-order valence-corrected chi connectivity index (χ4v) is 3.35. The lowest BCUT2D eigenvalue weighted by Crippen LogP contribution is -2.40. The van der Waals surface area contributed by atoms with Crippen LogP contribution >= 0.6 is 0 Å². The summed E-state index contributed by atoms with van der Waals surface area (Å²) in [5.74, 6) is -0.379. The molecule has 0 atom stereocenters. The molecule has 5 nitrogen and oxygen atoms in total. The van der Waals surface area contributed by atoms with Gasteiger partial charge in [-0.2, -0.15) is 13.2 Å². The number of halogens is 4. The van der Waals surface area contributed by atoms with Gasteiger partial charge in [0.15, 0.2) is 0 Å². The first-order valence-electron chi connectivity index (χ1n) is 10.1. The van der Waals surface area contributed by atoms with Crippen LogP contribution in [0.3, 0.4) is 0 Å². The van der Waals surface area contributed by atoms with Crippen molar-refractivity contribution in [1.29, 1.82) is 0 Å². The molecular formula is C22H25F4N3O2. The highest BCUT2D eigenvalue weighted by atomic mass is 19.4. The summed E-state index contributed by atoms with van der Waals surface area (Å²) in [6, 6.07) is 9.81. The van der Waals surface area contributed by atoms with Gasteiger partial charge >= 0.3 is 12.2 Å². The zero-order valence-electron chi connectivity index (χ0n) is 17.0. The first-order chi connectivity index (χ1) is 14.8. The van der Waals surface area contributed by atoms with Crippen LogP contribution in [0.1, 0.15) is 17.5 Å². The Hall–Kier alpha value is -2.65. The van der Waals surface area contributed by atoms with Crippen LogP contribution in [-0.2, 0) is 17.5 Å². The van der Waals surface area contributed by atoms with E-state index in [-0.39, 0.29) is 18.0 Å². The molecule has 9 heteroatoms. The van der Waals surface area contributed by atoms with Gasteiger partial charge in [-0.25, -0.2) is 9.18 Å². The van der Waals surface area contributed by atoms with Gasteiger partial charge in [-0.3, -0.25) is 4.90 Å². The standard InChI is InChI=1S/C22H25F4N3O2/c23-19-7-5-17(6-8-19)16-29(10-2-9-28-11-13-31-14-12-28)21(30)27-20-4-1-3-18(15-20)22(24,25)26/h1,3-8,15H,2,9-14,16H2,(H,27,30). The average molecular weight is 439 g/mol. The molecular weight excluding hydrogens is 414 g/mol. The number of alkyl halides is 3. The summed E-state index contributed by atoms with van der Waals surface area (Å²) in [6.07, 6.45) is -3.80. The van der Waals surface area contributed by atoms with Crippen molar-refractivity contribution in [2.75, 3.05) is 44.7 Å². The molecule has 1 N–H and O–H groups in total. The number of ether oxygens (including phenoxy) is 1. The number of hydrogen-bond donors (Lipinski definition) is 1. The van der Waals surface area contributed by atoms with Crippen LogP contribution in [0.5, 0.6) is 0 Å². The van der Waals surface area contributed by atoms with Crippen LogP contribution in [0.2, 0.25) is 0 Å². The highest BCUT2D eigenvalue weighted by Crippen LogP contribution is 2.30. The lowest BCUT2D eigenvalue weighted by molar-refractivity contribution is -0.137. The molecule has 2 amide bonds. The van der Waals surface area contributed by atoms with Gasteiger partial charge in [0.25, 0.3) is 0 Å². The summed E-state index contributed by atoms with van der Waals surface area (Å²) < 4.78 is 57.4. The van der Waals surface area contributed by atoms with Crippen LogP contribution in [0.4, 0.5) is 28.0 Å². The minimum absolute atomic E-state index is 0.0668. The predicted molar refractivity (Wildman–Crippen MR) is 109 cm³/mol. The summed E-state index contributed by atoms with van der Waals surface area (Å²) in [6.45, 7) is 4.40. The topological polar surface area (TPSA) is 44.8 Å². The number of hydrogen-bond acceptors (Lipinski definition) is 3. The van der Waals surface area contributed by atoms with E-state index in [2.05, 4.69) is 10.2 Å². The molecule has 3 rings (SSSR count). The lowest BCUT2D eigenvalue weighted by Gasteiger charge is -2.28. The molecule has 168 valence electrons. The molecule has 2 aromatic carbocycles. The molecule has 0 spiro atoms. The van der Waals surface area contributed by atoms with Gasteiger partial charge in [0.05, 0.1) is 18.8 Å². The number of urea groups is 1. The largest absolute Gasteiger partial charge is 0.416 e. The van der Waals surface area contributed by atoms with Gasteiger partial charge in [0, 0.05) is 38.4 Å². The fourth-order valence-electron chi connectivity index (χ4n) is 3.35. The summed E-state index contributed by atoms with van der Waals surface area (Å²) >= 11 is 0. The predicted octanol–water partition coefficient (Wildman–Crippen LogP) is 4.60. The number of nitrogens with zero attached hydrogens (tertiary/aromatic N) is 2. The van der Waals surface area contributed by atoms with Gasteiger partial charge in [-0.05, 0) is 42.3 Å². The SMILES string of the molecule is O=C(Nc1cccc(C(F)(F)F)c1)N(CCCN1CCOCC1)Cc1ccc(F)cc1. The average Bonchev–Trinajstić information content (AvgIpc) is 2.75. The van der Waals surface area contributed by atoms with Crippen molar-refractivity contribution in [3.63, 3.8) is 0 Å². The Morgan fingerprint density at radius 2 is 1.81 bits per heavy atom. The Balaban J connectivity index is 1.66. The van der Waals surface area contributed by atoms with Crippen molar-refractivity contribution in [1.82, 2.24) is 9.80 Å². The molecule has 1 saturated heterocycles. The van der Waals surface area contributed by atoms with E-state index in [1.54, 1.807) is 12.1 Å². The number of morpholine rings is 1. The first kappa shape index (κ1) is 23.0. The summed E-state index contributed by atoms with van der Waals surface area (Å²) in [7, 11) is 0. The van der Waals surface area contributed by atoms with Crippen LogP contribution in [-0.4, -0.2) is 55.2 Å². The van der Waals surface area contributed by atoms with E-state index < -0.39 is 17.8 Å². The first-order valence-corrected chi connectivity index (χ1v) is 10.1. The van der Waals surface area contributed by atoms with Gasteiger partial charge in [0.2, 0.25) is 0 Å². The smallest absolute Gasteiger partial charge is 0.379 e. The van der Waals surface area contributed by atoms with Crippen molar-refractivity contribution in [2.45, 2.75) is 19.1 Å². The van der Waals surface area contributed by atoms with Gasteiger partial charge in [-0.1, -0.05) is 18.2 Å². The summed E-state index contributed by atoms with van der Waals surface area (Å²) in [5.41, 5.74) is -0.0354. The normalized spacial score (nSPS) is 15.0. The Kier molecular flexibility index (Phi) is 7.86. The number of nitrogens with one attached hydrogen (secondary N) is 1. The number of rotatable bonds is 7. The van der Waals surface area contributed by atoms with Crippen LogP contribution in [0.15, 0.2) is 48.5 Å². The Morgan fingerprint density at radius 3 is 2.48 bits per heavy atom. The van der Waals surface area contributed by atoms with Crippen molar-refractivity contribution < 1.29 is 27.1 Å². The van der Waals surface area contributed by atoms with E-state index in [9.17, 15) is 22.4 Å². The van der Waals surface area contributed by atoms with Gasteiger partial charge in [-0.15, -0.1) is 0 Å². The van der Waals surface area contributed by atoms with Crippen molar-refractivity contribution in [3.8, 4) is 0 Å². The zero-order chi connectivity index (χ0) is 22.3. The Bertz CT molecular complexity index is 853. The molecule has 0 unspecified atom stereocenters. The second-order valence-corrected chi connectivity index (χ2v) is 7.36. The second-order valence-electron chi connectivity index (χ2n) is 7.36. The molecule has 0 aromatic heterocycles. The van der Waals surface area contributed by atoms with Crippen LogP contribution in [0, 0.1) is 5.82 Å². The molecule has 1 aliphatic heterocycles. The van der Waals surface area contributed by atoms with Gasteiger partial charge in [0.1, 0.15) is 5.82 Å². The number of carbonyl (C=O) groups excluding carboxylic acids is 1. The minimum atomic E-state index is -4.49. The van der Waals surface area contributed by atoms with E-state index in [1.165, 1.54) is 29.2 Å². The van der Waals surface area contributed by atoms with E-state index >= 15 is 0 Å². The number of benzene rings is 2. The molecule has 1 aliphatic rings. The van der Waals surface area contributed by atoms with Gasteiger partial charge < -0.3 is 15.0 Å². The molecule has 31 heavy (non-hydrogen) atoms. The highest BCUT2D eigenvalue weighted by Gasteiger charge is 2.30. The Morgan fingerprint density at radius 1 is 1.10 bits per heavy atom. The maximum atomic E-state index is 13.2. The van der Waals surface area contributed by atoms with Crippen molar-refractivity contribution >= 4 is 11.7 Å². The molecule has 0 saturated carbocycles. The molecule has 2 aromatic rings. The third kappa shape index (κ3) is 7.22. The lowest BCUT2D eigenvalue weighted by atomic mass is 10.2. The van der Waals surface area contributed by atoms with Crippen molar-refractivity contribution in [2.24, 2.45) is 0 Å². The van der Waals surface area contributed by atoms with E-state index in [0.717, 1.165) is 37.3 Å². The zero-order valence-corrected chi connectivity index (χ0v) is 17.0. The maximum absolute atomic E-state index is 13.2. The molecule has 0 radical (unpaired) electrons. The van der Waals surface area contributed by atoms with E-state index in [1.807, 2.05) is 0 Å².